The van der Waals surface area contributed by atoms with Gasteiger partial charge in [0.2, 0.25) is 0 Å². The quantitative estimate of drug-likeness (QED) is 0.833. The molecule has 4 heteroatoms. The van der Waals surface area contributed by atoms with Crippen LogP contribution in [-0.4, -0.2) is 36.0 Å². The van der Waals surface area contributed by atoms with E-state index >= 15 is 0 Å². The number of fused-ring (bicyclic) bond motifs is 1. The number of carbonyl (C=O) groups excluding carboxylic acids is 1. The van der Waals surface area contributed by atoms with E-state index in [-0.39, 0.29) is 5.91 Å². The number of ether oxygens (including phenoxy) is 1. The van der Waals surface area contributed by atoms with Crippen molar-refractivity contribution in [2.75, 3.05) is 13.1 Å². The first-order chi connectivity index (χ1) is 9.13. The Morgan fingerprint density at radius 2 is 1.89 bits per heavy atom. The summed E-state index contributed by atoms with van der Waals surface area (Å²) in [4.78, 5) is 14.5. The van der Waals surface area contributed by atoms with E-state index in [9.17, 15) is 4.79 Å². The lowest BCUT2D eigenvalue weighted by Gasteiger charge is -2.36. The first-order valence-corrected chi connectivity index (χ1v) is 6.88. The van der Waals surface area contributed by atoms with Crippen molar-refractivity contribution in [3.63, 3.8) is 0 Å². The summed E-state index contributed by atoms with van der Waals surface area (Å²) < 4.78 is 5.39. The third kappa shape index (κ3) is 2.51. The van der Waals surface area contributed by atoms with E-state index in [1.165, 1.54) is 5.56 Å². The number of nitrogens with one attached hydrogen (secondary N) is 1. The maximum absolute atomic E-state index is 12.5. The van der Waals surface area contributed by atoms with Crippen LogP contribution < -0.4 is 5.32 Å². The molecule has 0 bridgehead atoms. The fourth-order valence-corrected chi connectivity index (χ4v) is 2.98. The van der Waals surface area contributed by atoms with Gasteiger partial charge in [-0.3, -0.25) is 4.79 Å². The summed E-state index contributed by atoms with van der Waals surface area (Å²) in [7, 11) is 0. The predicted octanol–water partition coefficient (Wildman–Crippen LogP) is 1.54. The van der Waals surface area contributed by atoms with E-state index in [0.29, 0.717) is 25.3 Å². The largest absolute Gasteiger partial charge is 0.372 e. The van der Waals surface area contributed by atoms with E-state index in [1.807, 2.05) is 23.1 Å². The molecular formula is C15H20N2O2. The fraction of sp³-hybridized carbons (Fsp3) is 0.533. The average molecular weight is 260 g/mol. The van der Waals surface area contributed by atoms with Gasteiger partial charge in [-0.1, -0.05) is 6.07 Å². The van der Waals surface area contributed by atoms with Gasteiger partial charge in [0, 0.05) is 30.7 Å². The van der Waals surface area contributed by atoms with Crippen molar-refractivity contribution in [2.45, 2.75) is 39.1 Å². The Kier molecular flexibility index (Phi) is 3.29. The monoisotopic (exact) mass is 260 g/mol. The molecule has 4 nitrogen and oxygen atoms in total. The minimum Gasteiger partial charge on any atom is -0.372 e. The number of hydrogen-bond donors (Lipinski definition) is 1. The van der Waals surface area contributed by atoms with Gasteiger partial charge in [0.15, 0.2) is 0 Å². The molecule has 19 heavy (non-hydrogen) atoms. The maximum Gasteiger partial charge on any atom is 0.253 e. The second-order valence-corrected chi connectivity index (χ2v) is 5.66. The van der Waals surface area contributed by atoms with E-state index in [1.54, 1.807) is 0 Å². The molecule has 3 rings (SSSR count). The zero-order chi connectivity index (χ0) is 13.4. The molecule has 2 aliphatic rings. The second kappa shape index (κ2) is 4.94. The number of benzene rings is 1. The lowest BCUT2D eigenvalue weighted by atomic mass is 10.0. The minimum atomic E-state index is 0.134. The van der Waals surface area contributed by atoms with Gasteiger partial charge in [-0.25, -0.2) is 0 Å². The number of hydrogen-bond acceptors (Lipinski definition) is 3. The first kappa shape index (κ1) is 12.6. The van der Waals surface area contributed by atoms with Gasteiger partial charge in [0.1, 0.15) is 0 Å². The smallest absolute Gasteiger partial charge is 0.253 e. The normalized spacial score (nSPS) is 26.3. The molecule has 1 N–H and O–H groups in total. The average Bonchev–Trinajstić information content (AvgIpc) is 2.83. The molecular weight excluding hydrogens is 240 g/mol. The number of rotatable bonds is 1. The summed E-state index contributed by atoms with van der Waals surface area (Å²) in [5, 5.41) is 3.44. The number of amides is 1. The molecule has 1 saturated heterocycles. The number of piperazine rings is 1. The Morgan fingerprint density at radius 1 is 1.21 bits per heavy atom. The van der Waals surface area contributed by atoms with E-state index < -0.39 is 0 Å². The summed E-state index contributed by atoms with van der Waals surface area (Å²) in [5.74, 6) is 0.134. The molecule has 2 heterocycles. The summed E-state index contributed by atoms with van der Waals surface area (Å²) in [6, 6.07) is 6.63. The summed E-state index contributed by atoms with van der Waals surface area (Å²) in [6.45, 7) is 7.09. The van der Waals surface area contributed by atoms with Crippen molar-refractivity contribution in [1.29, 1.82) is 0 Å². The van der Waals surface area contributed by atoms with Gasteiger partial charge in [-0.15, -0.1) is 0 Å². The Hall–Kier alpha value is -1.39. The molecule has 1 aromatic carbocycles. The Bertz CT molecular complexity index is 491. The van der Waals surface area contributed by atoms with Gasteiger partial charge in [0.25, 0.3) is 5.91 Å². The van der Waals surface area contributed by atoms with Crippen molar-refractivity contribution in [3.8, 4) is 0 Å². The Labute approximate surface area is 113 Å². The van der Waals surface area contributed by atoms with Crippen LogP contribution in [0.25, 0.3) is 0 Å². The lowest BCUT2D eigenvalue weighted by Crippen LogP contribution is -2.55. The molecule has 0 radical (unpaired) electrons. The van der Waals surface area contributed by atoms with Gasteiger partial charge in [0.05, 0.1) is 13.2 Å². The topological polar surface area (TPSA) is 41.6 Å². The van der Waals surface area contributed by atoms with Crippen molar-refractivity contribution in [3.05, 3.63) is 34.9 Å². The van der Waals surface area contributed by atoms with Gasteiger partial charge in [-0.2, -0.15) is 0 Å². The standard InChI is InChI=1S/C15H20N2O2/c1-10-6-17(7-11(2)16-10)15(18)12-3-4-13-8-19-9-14(13)5-12/h3-5,10-11,16H,6-9H2,1-2H3. The highest BCUT2D eigenvalue weighted by molar-refractivity contribution is 5.94. The highest BCUT2D eigenvalue weighted by Crippen LogP contribution is 2.22. The Balaban J connectivity index is 1.80. The molecule has 2 aliphatic heterocycles. The molecule has 1 aromatic rings. The third-order valence-electron chi connectivity index (χ3n) is 3.81. The Morgan fingerprint density at radius 3 is 2.63 bits per heavy atom. The molecule has 102 valence electrons. The van der Waals surface area contributed by atoms with Crippen LogP contribution in [0.2, 0.25) is 0 Å². The van der Waals surface area contributed by atoms with Crippen LogP contribution >= 0.6 is 0 Å². The van der Waals surface area contributed by atoms with Crippen molar-refractivity contribution in [1.82, 2.24) is 10.2 Å². The van der Waals surface area contributed by atoms with Gasteiger partial charge in [-0.05, 0) is 37.1 Å². The second-order valence-electron chi connectivity index (χ2n) is 5.66. The molecule has 0 saturated carbocycles. The van der Waals surface area contributed by atoms with Crippen LogP contribution in [0.3, 0.4) is 0 Å². The zero-order valence-corrected chi connectivity index (χ0v) is 11.5. The lowest BCUT2D eigenvalue weighted by molar-refractivity contribution is 0.0673. The van der Waals surface area contributed by atoms with Crippen molar-refractivity contribution < 1.29 is 9.53 Å². The number of carbonyl (C=O) groups is 1. The summed E-state index contributed by atoms with van der Waals surface area (Å²) >= 11 is 0. The molecule has 1 amide bonds. The highest BCUT2D eigenvalue weighted by atomic mass is 16.5. The fourth-order valence-electron chi connectivity index (χ4n) is 2.98. The van der Waals surface area contributed by atoms with Crippen LogP contribution in [0.1, 0.15) is 35.3 Å². The van der Waals surface area contributed by atoms with Crippen LogP contribution in [0.4, 0.5) is 0 Å². The predicted molar refractivity (Wildman–Crippen MR) is 72.9 cm³/mol. The first-order valence-electron chi connectivity index (χ1n) is 6.88. The number of nitrogens with zero attached hydrogens (tertiary/aromatic N) is 1. The summed E-state index contributed by atoms with van der Waals surface area (Å²) in [5.41, 5.74) is 3.14. The molecule has 2 atom stereocenters. The van der Waals surface area contributed by atoms with Crippen LogP contribution in [0.15, 0.2) is 18.2 Å². The molecule has 0 spiro atoms. The molecule has 0 aliphatic carbocycles. The van der Waals surface area contributed by atoms with Gasteiger partial charge < -0.3 is 15.0 Å². The highest BCUT2D eigenvalue weighted by Gasteiger charge is 2.26. The third-order valence-corrected chi connectivity index (χ3v) is 3.81. The molecule has 1 fully saturated rings. The SMILES string of the molecule is CC1CN(C(=O)c2ccc3c(c2)COC3)CC(C)N1. The maximum atomic E-state index is 12.5. The minimum absolute atomic E-state index is 0.134. The van der Waals surface area contributed by atoms with E-state index in [0.717, 1.165) is 24.2 Å². The van der Waals surface area contributed by atoms with Crippen molar-refractivity contribution in [2.24, 2.45) is 0 Å². The zero-order valence-electron chi connectivity index (χ0n) is 11.5. The van der Waals surface area contributed by atoms with Crippen LogP contribution in [0.5, 0.6) is 0 Å². The molecule has 2 unspecified atom stereocenters. The van der Waals surface area contributed by atoms with E-state index in [4.69, 9.17) is 4.74 Å². The summed E-state index contributed by atoms with van der Waals surface area (Å²) in [6.07, 6.45) is 0. The van der Waals surface area contributed by atoms with Crippen LogP contribution in [0, 0.1) is 0 Å². The van der Waals surface area contributed by atoms with Crippen LogP contribution in [-0.2, 0) is 18.0 Å². The van der Waals surface area contributed by atoms with Gasteiger partial charge >= 0.3 is 0 Å². The molecule has 0 aromatic heterocycles. The van der Waals surface area contributed by atoms with E-state index in [2.05, 4.69) is 19.2 Å². The van der Waals surface area contributed by atoms with Crippen molar-refractivity contribution >= 4 is 5.91 Å².